The third-order valence-electron chi connectivity index (χ3n) is 2.89. The number of hydrogen-bond acceptors (Lipinski definition) is 4. The van der Waals surface area contributed by atoms with E-state index < -0.39 is 0 Å². The molecule has 2 heterocycles. The van der Waals surface area contributed by atoms with E-state index in [1.54, 1.807) is 0 Å². The molecule has 0 bridgehead atoms. The Hall–Kier alpha value is -1.39. The second-order valence-electron chi connectivity index (χ2n) is 4.12. The van der Waals surface area contributed by atoms with Crippen molar-refractivity contribution in [3.8, 4) is 11.5 Å². The lowest BCUT2D eigenvalue weighted by Crippen LogP contribution is -2.14. The van der Waals surface area contributed by atoms with Gasteiger partial charge in [-0.3, -0.25) is 0 Å². The molecule has 0 saturated carbocycles. The van der Waals surface area contributed by atoms with E-state index in [0.29, 0.717) is 10.9 Å². The SMILES string of the molecule is Clc1cccc(-c2nc(C3CCCN3)no2)c1. The molecule has 1 atom stereocenters. The monoisotopic (exact) mass is 249 g/mol. The number of rotatable bonds is 2. The van der Waals surface area contributed by atoms with Gasteiger partial charge >= 0.3 is 0 Å². The maximum absolute atomic E-state index is 5.93. The topological polar surface area (TPSA) is 51.0 Å². The van der Waals surface area contributed by atoms with Crippen molar-refractivity contribution in [1.29, 1.82) is 0 Å². The van der Waals surface area contributed by atoms with Crippen LogP contribution in [0.3, 0.4) is 0 Å². The van der Waals surface area contributed by atoms with Gasteiger partial charge in [0.25, 0.3) is 5.89 Å². The number of nitrogens with one attached hydrogen (secondary N) is 1. The lowest BCUT2D eigenvalue weighted by molar-refractivity contribution is 0.412. The molecule has 88 valence electrons. The van der Waals surface area contributed by atoms with E-state index in [9.17, 15) is 0 Å². The van der Waals surface area contributed by atoms with Crippen molar-refractivity contribution in [3.63, 3.8) is 0 Å². The first-order valence-corrected chi connectivity index (χ1v) is 6.03. The van der Waals surface area contributed by atoms with Crippen LogP contribution in [0.25, 0.3) is 11.5 Å². The zero-order chi connectivity index (χ0) is 11.7. The van der Waals surface area contributed by atoms with Crippen LogP contribution in [0.15, 0.2) is 28.8 Å². The molecule has 1 unspecified atom stereocenters. The number of hydrogen-bond donors (Lipinski definition) is 1. The van der Waals surface area contributed by atoms with Gasteiger partial charge in [-0.25, -0.2) is 0 Å². The van der Waals surface area contributed by atoms with Gasteiger partial charge < -0.3 is 9.84 Å². The van der Waals surface area contributed by atoms with Gasteiger partial charge in [0.2, 0.25) is 0 Å². The Bertz CT molecular complexity index is 520. The van der Waals surface area contributed by atoms with Crippen LogP contribution in [-0.2, 0) is 0 Å². The Morgan fingerprint density at radius 3 is 3.12 bits per heavy atom. The van der Waals surface area contributed by atoms with Crippen LogP contribution in [0.5, 0.6) is 0 Å². The van der Waals surface area contributed by atoms with Gasteiger partial charge in [-0.2, -0.15) is 4.98 Å². The third-order valence-corrected chi connectivity index (χ3v) is 3.12. The molecule has 0 spiro atoms. The van der Waals surface area contributed by atoms with Crippen LogP contribution in [0.2, 0.25) is 5.02 Å². The highest BCUT2D eigenvalue weighted by molar-refractivity contribution is 6.30. The van der Waals surface area contributed by atoms with Gasteiger partial charge in [0, 0.05) is 10.6 Å². The van der Waals surface area contributed by atoms with E-state index in [1.807, 2.05) is 24.3 Å². The van der Waals surface area contributed by atoms with Crippen molar-refractivity contribution in [3.05, 3.63) is 35.1 Å². The predicted molar refractivity (Wildman–Crippen MR) is 64.7 cm³/mol. The number of nitrogens with zero attached hydrogens (tertiary/aromatic N) is 2. The maximum Gasteiger partial charge on any atom is 0.258 e. The molecule has 0 radical (unpaired) electrons. The fourth-order valence-electron chi connectivity index (χ4n) is 2.02. The Morgan fingerprint density at radius 2 is 2.35 bits per heavy atom. The fourth-order valence-corrected chi connectivity index (χ4v) is 2.21. The minimum absolute atomic E-state index is 0.228. The minimum Gasteiger partial charge on any atom is -0.334 e. The normalized spacial score (nSPS) is 19.7. The Labute approximate surface area is 104 Å². The smallest absolute Gasteiger partial charge is 0.258 e. The van der Waals surface area contributed by atoms with E-state index in [-0.39, 0.29) is 6.04 Å². The van der Waals surface area contributed by atoms with Gasteiger partial charge in [0.1, 0.15) is 0 Å². The first-order valence-electron chi connectivity index (χ1n) is 5.66. The lowest BCUT2D eigenvalue weighted by atomic mass is 10.2. The highest BCUT2D eigenvalue weighted by atomic mass is 35.5. The fraction of sp³-hybridized carbons (Fsp3) is 0.333. The van der Waals surface area contributed by atoms with E-state index >= 15 is 0 Å². The van der Waals surface area contributed by atoms with Gasteiger partial charge in [-0.05, 0) is 37.6 Å². The Morgan fingerprint density at radius 1 is 1.41 bits per heavy atom. The molecule has 1 aromatic carbocycles. The molecule has 1 aliphatic rings. The van der Waals surface area contributed by atoms with Crippen LogP contribution in [-0.4, -0.2) is 16.7 Å². The van der Waals surface area contributed by atoms with Crippen LogP contribution in [0.1, 0.15) is 24.7 Å². The summed E-state index contributed by atoms with van der Waals surface area (Å²) in [5.74, 6) is 1.26. The first kappa shape index (κ1) is 10.7. The van der Waals surface area contributed by atoms with Crippen LogP contribution in [0, 0.1) is 0 Å². The summed E-state index contributed by atoms with van der Waals surface area (Å²) in [6, 6.07) is 7.65. The quantitative estimate of drug-likeness (QED) is 0.889. The lowest BCUT2D eigenvalue weighted by Gasteiger charge is -2.01. The van der Waals surface area contributed by atoms with Crippen molar-refractivity contribution in [2.75, 3.05) is 6.54 Å². The molecule has 17 heavy (non-hydrogen) atoms. The van der Waals surface area contributed by atoms with E-state index in [2.05, 4.69) is 15.5 Å². The number of aromatic nitrogens is 2. The third kappa shape index (κ3) is 2.18. The molecular formula is C12H12ClN3O. The zero-order valence-electron chi connectivity index (χ0n) is 9.19. The average molecular weight is 250 g/mol. The summed E-state index contributed by atoms with van der Waals surface area (Å²) < 4.78 is 5.26. The van der Waals surface area contributed by atoms with E-state index in [1.165, 1.54) is 0 Å². The minimum atomic E-state index is 0.228. The van der Waals surface area contributed by atoms with Crippen LogP contribution < -0.4 is 5.32 Å². The number of halogens is 1. The molecule has 2 aromatic rings. The molecule has 0 amide bonds. The summed E-state index contributed by atoms with van der Waals surface area (Å²) in [5.41, 5.74) is 0.856. The Balaban J connectivity index is 1.89. The summed E-state index contributed by atoms with van der Waals surface area (Å²) in [5, 5.41) is 8.02. The predicted octanol–water partition coefficient (Wildman–Crippen LogP) is 2.81. The molecule has 1 N–H and O–H groups in total. The van der Waals surface area contributed by atoms with Crippen LogP contribution in [0.4, 0.5) is 0 Å². The van der Waals surface area contributed by atoms with Gasteiger partial charge in [0.05, 0.1) is 6.04 Å². The first-order chi connectivity index (χ1) is 8.33. The summed E-state index contributed by atoms with van der Waals surface area (Å²) in [7, 11) is 0. The van der Waals surface area contributed by atoms with Gasteiger partial charge in [-0.1, -0.05) is 22.8 Å². The summed E-state index contributed by atoms with van der Waals surface area (Å²) in [4.78, 5) is 4.40. The molecule has 4 nitrogen and oxygen atoms in total. The van der Waals surface area contributed by atoms with Crippen molar-refractivity contribution < 1.29 is 4.52 Å². The van der Waals surface area contributed by atoms with Crippen molar-refractivity contribution in [2.24, 2.45) is 0 Å². The van der Waals surface area contributed by atoms with Gasteiger partial charge in [0.15, 0.2) is 5.82 Å². The maximum atomic E-state index is 5.93. The second kappa shape index (κ2) is 4.47. The summed E-state index contributed by atoms with van der Waals surface area (Å²) in [6.07, 6.45) is 2.22. The summed E-state index contributed by atoms with van der Waals surface area (Å²) >= 11 is 5.93. The highest BCUT2D eigenvalue weighted by Gasteiger charge is 2.21. The second-order valence-corrected chi connectivity index (χ2v) is 4.55. The largest absolute Gasteiger partial charge is 0.334 e. The van der Waals surface area contributed by atoms with Gasteiger partial charge in [-0.15, -0.1) is 0 Å². The van der Waals surface area contributed by atoms with E-state index in [0.717, 1.165) is 30.8 Å². The van der Waals surface area contributed by atoms with Crippen molar-refractivity contribution in [1.82, 2.24) is 15.5 Å². The van der Waals surface area contributed by atoms with Crippen molar-refractivity contribution in [2.45, 2.75) is 18.9 Å². The average Bonchev–Trinajstić information content (AvgIpc) is 3.00. The zero-order valence-corrected chi connectivity index (χ0v) is 9.94. The molecule has 1 aliphatic heterocycles. The van der Waals surface area contributed by atoms with Crippen molar-refractivity contribution >= 4 is 11.6 Å². The molecule has 1 aromatic heterocycles. The molecule has 1 saturated heterocycles. The molecular weight excluding hydrogens is 238 g/mol. The highest BCUT2D eigenvalue weighted by Crippen LogP contribution is 2.25. The molecule has 1 fully saturated rings. The van der Waals surface area contributed by atoms with Crippen LogP contribution >= 0.6 is 11.6 Å². The number of benzene rings is 1. The molecule has 0 aliphatic carbocycles. The van der Waals surface area contributed by atoms with E-state index in [4.69, 9.17) is 16.1 Å². The standard InChI is InChI=1S/C12H12ClN3O/c13-9-4-1-3-8(7-9)12-15-11(16-17-12)10-5-2-6-14-10/h1,3-4,7,10,14H,2,5-6H2. The molecule has 5 heteroatoms. The summed E-state index contributed by atoms with van der Waals surface area (Å²) in [6.45, 7) is 1.02. The Kier molecular flexibility index (Phi) is 2.82. The molecule has 3 rings (SSSR count).